The number of likely N-dealkylation sites (N-methyl/N-ethyl adjacent to an activating group) is 1. The van der Waals surface area contributed by atoms with Crippen molar-refractivity contribution in [2.75, 3.05) is 33.8 Å². The molecule has 48 heavy (non-hydrogen) atoms. The Hall–Kier alpha value is -2.70. The van der Waals surface area contributed by atoms with Gasteiger partial charge in [0.2, 0.25) is 5.78 Å². The van der Waals surface area contributed by atoms with Crippen molar-refractivity contribution in [1.29, 1.82) is 0 Å². The number of carbonyl (C=O) groups excluding carboxylic acids is 3. The number of aliphatic hydroxyl groups excluding tert-OH is 1. The Morgan fingerprint density at radius 3 is 2.38 bits per heavy atom. The summed E-state index contributed by atoms with van der Waals surface area (Å²) in [5, 5.41) is 11.3. The molecule has 1 unspecified atom stereocenters. The first kappa shape index (κ1) is 38.1. The second-order valence-electron chi connectivity index (χ2n) is 14.1. The van der Waals surface area contributed by atoms with E-state index in [4.69, 9.17) is 35.1 Å². The molecule has 3 saturated heterocycles. The molecule has 3 fully saturated rings. The fourth-order valence-corrected chi connectivity index (χ4v) is 8.24. The number of cyclic esters (lactones) is 1. The third-order valence-electron chi connectivity index (χ3n) is 10.7. The van der Waals surface area contributed by atoms with Gasteiger partial charge in [0, 0.05) is 42.0 Å². The minimum atomic E-state index is -4.59. The minimum absolute atomic E-state index is 0.0211. The predicted octanol–water partition coefficient (Wildman–Crippen LogP) is 2.93. The van der Waals surface area contributed by atoms with Crippen molar-refractivity contribution in [3.63, 3.8) is 0 Å². The van der Waals surface area contributed by atoms with Crippen LogP contribution in [-0.2, 0) is 33.3 Å². The number of hydrogen-bond acceptors (Lipinski definition) is 11. The number of terminal acetylenes is 1. The van der Waals surface area contributed by atoms with Gasteiger partial charge in [0.25, 0.3) is 0 Å². The van der Waals surface area contributed by atoms with Crippen LogP contribution in [0.2, 0.25) is 0 Å². The molecule has 4 heterocycles. The fourth-order valence-electron chi connectivity index (χ4n) is 8.24. The van der Waals surface area contributed by atoms with Crippen LogP contribution in [0.1, 0.15) is 61.3 Å². The Labute approximate surface area is 281 Å². The number of rotatable bonds is 6. The number of alkyl halides is 2. The lowest BCUT2D eigenvalue weighted by atomic mass is 9.73. The van der Waals surface area contributed by atoms with Crippen LogP contribution in [0.5, 0.6) is 0 Å². The largest absolute Gasteiger partial charge is 0.453 e. The van der Waals surface area contributed by atoms with Crippen LogP contribution in [0.3, 0.4) is 0 Å². The van der Waals surface area contributed by atoms with Crippen molar-refractivity contribution in [3.8, 4) is 12.3 Å². The molecule has 12 nitrogen and oxygen atoms in total. The van der Waals surface area contributed by atoms with Gasteiger partial charge in [-0.05, 0) is 40.8 Å². The van der Waals surface area contributed by atoms with Gasteiger partial charge in [-0.1, -0.05) is 40.5 Å². The van der Waals surface area contributed by atoms with E-state index in [9.17, 15) is 19.5 Å². The first-order valence-electron chi connectivity index (χ1n) is 16.8. The van der Waals surface area contributed by atoms with Crippen molar-refractivity contribution < 1.29 is 52.0 Å². The molecular formula is C34H51F2N3O9. The maximum Gasteiger partial charge on any atom is 0.410 e. The average Bonchev–Trinajstić information content (AvgIpc) is 3.15. The number of aliphatic imine (C=N–C) groups is 1. The van der Waals surface area contributed by atoms with E-state index in [1.165, 1.54) is 11.8 Å². The van der Waals surface area contributed by atoms with Crippen molar-refractivity contribution in [1.82, 2.24) is 9.80 Å². The molecule has 2 bridgehead atoms. The second-order valence-corrected chi connectivity index (χ2v) is 14.1. The number of halogens is 2. The number of esters is 1. The van der Waals surface area contributed by atoms with Gasteiger partial charge in [-0.3, -0.25) is 14.7 Å². The molecule has 13 atom stereocenters. The van der Waals surface area contributed by atoms with Crippen LogP contribution in [0.4, 0.5) is 13.6 Å². The van der Waals surface area contributed by atoms with Crippen LogP contribution in [-0.4, -0.2) is 133 Å². The van der Waals surface area contributed by atoms with E-state index in [1.807, 2.05) is 18.7 Å². The zero-order valence-corrected chi connectivity index (χ0v) is 29.4. The maximum atomic E-state index is 16.0. The summed E-state index contributed by atoms with van der Waals surface area (Å²) < 4.78 is 61.7. The summed E-state index contributed by atoms with van der Waals surface area (Å²) in [5.41, 5.74) is -0.876. The zero-order valence-electron chi connectivity index (χ0n) is 29.4. The van der Waals surface area contributed by atoms with Gasteiger partial charge in [0.15, 0.2) is 11.9 Å². The normalized spacial score (nSPS) is 42.3. The van der Waals surface area contributed by atoms with E-state index >= 15 is 8.78 Å². The fraction of sp³-hybridized carbons (Fsp3) is 0.824. The predicted molar refractivity (Wildman–Crippen MR) is 170 cm³/mol. The molecule has 0 radical (unpaired) electrons. The first-order valence-corrected chi connectivity index (χ1v) is 16.8. The van der Waals surface area contributed by atoms with E-state index in [-0.39, 0.29) is 38.3 Å². The maximum absolute atomic E-state index is 16.0. The Morgan fingerprint density at radius 1 is 1.10 bits per heavy atom. The SMILES string of the molecule is C#CCO[C@@H]1[C@@H](C)[C@H](O[C@@H]2O[C@H](C)C[C@H](N(C)C)[C@H]2O)[C@@H](C)C(=O)C(F)(F)C(=O)O[C@@H](CC)[C@@]2(C)OC(=O)N3CCN=C([C@@H](C)C32)[C@@H]1C. The quantitative estimate of drug-likeness (QED) is 0.253. The highest BCUT2D eigenvalue weighted by molar-refractivity contribution is 6.06. The van der Waals surface area contributed by atoms with Crippen LogP contribution < -0.4 is 0 Å². The van der Waals surface area contributed by atoms with E-state index in [2.05, 4.69) is 5.92 Å². The first-order chi connectivity index (χ1) is 22.4. The van der Waals surface area contributed by atoms with E-state index < -0.39 is 89.8 Å². The summed E-state index contributed by atoms with van der Waals surface area (Å²) in [4.78, 5) is 48.4. The molecule has 0 aliphatic carbocycles. The highest BCUT2D eigenvalue weighted by Gasteiger charge is 2.62. The summed E-state index contributed by atoms with van der Waals surface area (Å²) in [6.45, 7) is 11.9. The molecule has 0 saturated carbocycles. The number of nitrogens with zero attached hydrogens (tertiary/aromatic N) is 3. The zero-order chi connectivity index (χ0) is 35.9. The molecule has 0 aromatic carbocycles. The van der Waals surface area contributed by atoms with Crippen LogP contribution >= 0.6 is 0 Å². The van der Waals surface area contributed by atoms with Crippen LogP contribution in [0.25, 0.3) is 0 Å². The Bertz CT molecular complexity index is 1290. The van der Waals surface area contributed by atoms with Gasteiger partial charge < -0.3 is 33.7 Å². The summed E-state index contributed by atoms with van der Waals surface area (Å²) in [6.07, 6.45) is -0.907. The summed E-state index contributed by atoms with van der Waals surface area (Å²) in [5.74, 6) is -9.38. The number of carbonyl (C=O) groups is 3. The highest BCUT2D eigenvalue weighted by Crippen LogP contribution is 2.44. The molecular weight excluding hydrogens is 632 g/mol. The monoisotopic (exact) mass is 683 g/mol. The summed E-state index contributed by atoms with van der Waals surface area (Å²) in [6, 6.07) is -1.13. The topological polar surface area (TPSA) is 136 Å². The molecule has 1 N–H and O–H groups in total. The lowest BCUT2D eigenvalue weighted by Crippen LogP contribution is -2.60. The number of hydrogen-bond donors (Lipinski definition) is 1. The highest BCUT2D eigenvalue weighted by atomic mass is 19.3. The van der Waals surface area contributed by atoms with Gasteiger partial charge in [0.05, 0.1) is 30.9 Å². The summed E-state index contributed by atoms with van der Waals surface area (Å²) in [7, 11) is 3.59. The van der Waals surface area contributed by atoms with Crippen molar-refractivity contribution in [2.24, 2.45) is 28.7 Å². The van der Waals surface area contributed by atoms with Gasteiger partial charge >= 0.3 is 18.0 Å². The number of amides is 1. The molecule has 4 aliphatic heterocycles. The second kappa shape index (κ2) is 14.6. The molecule has 0 spiro atoms. The van der Waals surface area contributed by atoms with Crippen molar-refractivity contribution in [2.45, 2.75) is 122 Å². The Morgan fingerprint density at radius 2 is 1.77 bits per heavy atom. The van der Waals surface area contributed by atoms with Gasteiger partial charge in [-0.15, -0.1) is 6.42 Å². The third-order valence-corrected chi connectivity index (χ3v) is 10.7. The smallest absolute Gasteiger partial charge is 0.410 e. The van der Waals surface area contributed by atoms with Gasteiger partial charge in [0.1, 0.15) is 18.8 Å². The Kier molecular flexibility index (Phi) is 11.6. The van der Waals surface area contributed by atoms with Gasteiger partial charge in [-0.25, -0.2) is 9.59 Å². The summed E-state index contributed by atoms with van der Waals surface area (Å²) >= 11 is 0. The molecule has 0 aromatic rings. The van der Waals surface area contributed by atoms with E-state index in [0.29, 0.717) is 12.1 Å². The lowest BCUT2D eigenvalue weighted by Gasteiger charge is -2.45. The average molecular weight is 684 g/mol. The van der Waals surface area contributed by atoms with Crippen LogP contribution in [0.15, 0.2) is 4.99 Å². The number of aliphatic hydroxyl groups is 1. The number of ketones is 1. The van der Waals surface area contributed by atoms with Crippen molar-refractivity contribution in [3.05, 3.63) is 0 Å². The molecule has 4 rings (SSSR count). The van der Waals surface area contributed by atoms with Crippen molar-refractivity contribution >= 4 is 23.6 Å². The Balaban J connectivity index is 1.87. The molecule has 1 amide bonds. The van der Waals surface area contributed by atoms with Crippen LogP contribution in [0, 0.1) is 36.0 Å². The number of Topliss-reactive ketones (excluding diaryl/α,β-unsaturated/α-hetero) is 1. The molecule has 4 aliphatic rings. The van der Waals surface area contributed by atoms with E-state index in [1.54, 1.807) is 41.8 Å². The minimum Gasteiger partial charge on any atom is -0.453 e. The molecule has 14 heteroatoms. The van der Waals surface area contributed by atoms with E-state index in [0.717, 1.165) is 0 Å². The standard InChI is InChI=1S/C34H51F2N3O9/c1-11-15-44-26-18(4)24-19(5)28-33(8,48-32(43)39(28)14-13-37-24)23(12-2)46-31(42)34(35,36)29(41)21(7)27(20(26)6)47-30-25(40)22(38(9)10)16-17(3)45-30/h1,17-23,25-28,30,40H,12-16H2,2-10H3/t17-,18+,19-,20-,21-,22+,23+,25-,26+,27+,28?,30+,33-/m1/s1. The number of fused-ring (bicyclic) bond motifs is 1. The lowest BCUT2D eigenvalue weighted by molar-refractivity contribution is -0.282. The molecule has 0 aromatic heterocycles. The third kappa shape index (κ3) is 6.86. The number of ether oxygens (including phenoxy) is 5. The van der Waals surface area contributed by atoms with Gasteiger partial charge in [-0.2, -0.15) is 8.78 Å². The molecule has 270 valence electrons.